The Morgan fingerprint density at radius 3 is 2.77 bits per heavy atom. The van der Waals surface area contributed by atoms with Gasteiger partial charge in [-0.2, -0.15) is 0 Å². The van der Waals surface area contributed by atoms with E-state index in [1.807, 2.05) is 54.7 Å². The van der Waals surface area contributed by atoms with Crippen LogP contribution in [0.25, 0.3) is 10.2 Å². The van der Waals surface area contributed by atoms with Crippen molar-refractivity contribution in [2.75, 3.05) is 0 Å². The Morgan fingerprint density at radius 2 is 1.94 bits per heavy atom. The van der Waals surface area contributed by atoms with Crippen LogP contribution in [0.2, 0.25) is 5.15 Å². The zero-order valence-electron chi connectivity index (χ0n) is 16.6. The Morgan fingerprint density at radius 1 is 1.10 bits per heavy atom. The van der Waals surface area contributed by atoms with Crippen molar-refractivity contribution in [2.45, 2.75) is 32.3 Å². The SMILES string of the molecule is Clc1nc(COc2ccc(C=Nc3cccc(Br)c3)cc2)nc2sc3c(c12)CCCC3. The van der Waals surface area contributed by atoms with E-state index in [4.69, 9.17) is 21.3 Å². The summed E-state index contributed by atoms with van der Waals surface area (Å²) in [7, 11) is 0. The quantitative estimate of drug-likeness (QED) is 0.208. The Balaban J connectivity index is 1.27. The first kappa shape index (κ1) is 20.6. The second-order valence-corrected chi connectivity index (χ2v) is 9.77. The summed E-state index contributed by atoms with van der Waals surface area (Å²) in [5.41, 5.74) is 3.25. The van der Waals surface area contributed by atoms with Crippen LogP contribution in [-0.4, -0.2) is 16.2 Å². The highest BCUT2D eigenvalue weighted by Gasteiger charge is 2.20. The van der Waals surface area contributed by atoms with Gasteiger partial charge in [0.15, 0.2) is 5.82 Å². The number of aryl methyl sites for hydroxylation is 2. The van der Waals surface area contributed by atoms with E-state index in [-0.39, 0.29) is 6.61 Å². The molecule has 0 fully saturated rings. The second kappa shape index (κ2) is 9.07. The van der Waals surface area contributed by atoms with Crippen molar-refractivity contribution in [1.29, 1.82) is 0 Å². The van der Waals surface area contributed by atoms with Crippen LogP contribution in [-0.2, 0) is 19.4 Å². The number of halogens is 2. The summed E-state index contributed by atoms with van der Waals surface area (Å²) < 4.78 is 6.91. The minimum absolute atomic E-state index is 0.281. The number of fused-ring (bicyclic) bond motifs is 3. The van der Waals surface area contributed by atoms with Crippen LogP contribution in [0.4, 0.5) is 5.69 Å². The van der Waals surface area contributed by atoms with Crippen LogP contribution < -0.4 is 4.74 Å². The van der Waals surface area contributed by atoms with Gasteiger partial charge in [0.25, 0.3) is 0 Å². The first-order chi connectivity index (χ1) is 15.2. The lowest BCUT2D eigenvalue weighted by atomic mass is 9.97. The average molecular weight is 513 g/mol. The first-order valence-electron chi connectivity index (χ1n) is 10.1. The van der Waals surface area contributed by atoms with E-state index in [0.717, 1.165) is 44.5 Å². The van der Waals surface area contributed by atoms with E-state index < -0.39 is 0 Å². The lowest BCUT2D eigenvalue weighted by Gasteiger charge is -2.10. The predicted molar refractivity (Wildman–Crippen MR) is 131 cm³/mol. The fourth-order valence-corrected chi connectivity index (χ4v) is 5.75. The zero-order chi connectivity index (χ0) is 21.2. The molecule has 5 rings (SSSR count). The molecule has 0 radical (unpaired) electrons. The van der Waals surface area contributed by atoms with Crippen molar-refractivity contribution in [3.05, 3.63) is 80.0 Å². The van der Waals surface area contributed by atoms with Gasteiger partial charge in [0, 0.05) is 15.6 Å². The molecule has 31 heavy (non-hydrogen) atoms. The normalized spacial score (nSPS) is 13.6. The van der Waals surface area contributed by atoms with Gasteiger partial charge >= 0.3 is 0 Å². The van der Waals surface area contributed by atoms with Gasteiger partial charge in [0.05, 0.1) is 11.1 Å². The molecule has 0 saturated carbocycles. The number of nitrogens with zero attached hydrogens (tertiary/aromatic N) is 3. The number of hydrogen-bond acceptors (Lipinski definition) is 5. The number of benzene rings is 2. The molecule has 4 aromatic rings. The van der Waals surface area contributed by atoms with Gasteiger partial charge in [-0.25, -0.2) is 9.97 Å². The molecule has 0 atom stereocenters. The monoisotopic (exact) mass is 511 g/mol. The molecule has 2 aromatic carbocycles. The van der Waals surface area contributed by atoms with E-state index in [2.05, 4.69) is 25.9 Å². The molecule has 2 heterocycles. The molecule has 0 bridgehead atoms. The molecular weight excluding hydrogens is 494 g/mol. The highest BCUT2D eigenvalue weighted by molar-refractivity contribution is 9.10. The molecule has 2 aromatic heterocycles. The summed E-state index contributed by atoms with van der Waals surface area (Å²) in [6, 6.07) is 15.7. The number of hydrogen-bond donors (Lipinski definition) is 0. The molecule has 7 heteroatoms. The molecule has 1 aliphatic rings. The third kappa shape index (κ3) is 4.66. The summed E-state index contributed by atoms with van der Waals surface area (Å²) in [4.78, 5) is 16.1. The highest BCUT2D eigenvalue weighted by Crippen LogP contribution is 2.38. The Labute approximate surface area is 198 Å². The van der Waals surface area contributed by atoms with E-state index in [1.165, 1.54) is 23.3 Å². The molecule has 0 N–H and O–H groups in total. The third-order valence-corrected chi connectivity index (χ3v) is 7.19. The van der Waals surface area contributed by atoms with Gasteiger partial charge in [-0.3, -0.25) is 4.99 Å². The molecule has 1 aliphatic carbocycles. The van der Waals surface area contributed by atoms with Crippen molar-refractivity contribution in [3.8, 4) is 5.75 Å². The fraction of sp³-hybridized carbons (Fsp3) is 0.208. The largest absolute Gasteiger partial charge is 0.486 e. The number of rotatable bonds is 5. The minimum atomic E-state index is 0.281. The van der Waals surface area contributed by atoms with Crippen LogP contribution in [0.3, 0.4) is 0 Å². The van der Waals surface area contributed by atoms with E-state index in [9.17, 15) is 0 Å². The van der Waals surface area contributed by atoms with Crippen LogP contribution in [0, 0.1) is 0 Å². The summed E-state index contributed by atoms with van der Waals surface area (Å²) in [6.45, 7) is 0.281. The molecule has 0 saturated heterocycles. The second-order valence-electron chi connectivity index (χ2n) is 7.42. The van der Waals surface area contributed by atoms with Crippen LogP contribution in [0.15, 0.2) is 58.0 Å². The Bertz CT molecular complexity index is 1270. The van der Waals surface area contributed by atoms with Crippen LogP contribution >= 0.6 is 38.9 Å². The molecule has 0 amide bonds. The average Bonchev–Trinajstić information content (AvgIpc) is 3.16. The van der Waals surface area contributed by atoms with Gasteiger partial charge in [0.2, 0.25) is 0 Å². The summed E-state index contributed by atoms with van der Waals surface area (Å²) in [6.07, 6.45) is 6.48. The smallest absolute Gasteiger partial charge is 0.169 e. The van der Waals surface area contributed by atoms with Gasteiger partial charge in [-0.05, 0) is 79.3 Å². The maximum absolute atomic E-state index is 6.52. The van der Waals surface area contributed by atoms with Crippen molar-refractivity contribution >= 4 is 61.0 Å². The van der Waals surface area contributed by atoms with E-state index >= 15 is 0 Å². The molecule has 0 spiro atoms. The van der Waals surface area contributed by atoms with E-state index in [0.29, 0.717) is 11.0 Å². The minimum Gasteiger partial charge on any atom is -0.486 e. The van der Waals surface area contributed by atoms with Gasteiger partial charge in [0.1, 0.15) is 22.3 Å². The molecule has 0 aliphatic heterocycles. The van der Waals surface area contributed by atoms with Crippen molar-refractivity contribution in [2.24, 2.45) is 4.99 Å². The third-order valence-electron chi connectivity index (χ3n) is 5.24. The number of ether oxygens (including phenoxy) is 1. The van der Waals surface area contributed by atoms with Crippen LogP contribution in [0.5, 0.6) is 5.75 Å². The summed E-state index contributed by atoms with van der Waals surface area (Å²) >= 11 is 11.7. The number of thiophene rings is 1. The number of aromatic nitrogens is 2. The maximum atomic E-state index is 6.52. The summed E-state index contributed by atoms with van der Waals surface area (Å²) in [5.74, 6) is 1.36. The topological polar surface area (TPSA) is 47.4 Å². The van der Waals surface area contributed by atoms with Crippen molar-refractivity contribution in [1.82, 2.24) is 9.97 Å². The maximum Gasteiger partial charge on any atom is 0.169 e. The lowest BCUT2D eigenvalue weighted by molar-refractivity contribution is 0.296. The van der Waals surface area contributed by atoms with E-state index in [1.54, 1.807) is 11.3 Å². The van der Waals surface area contributed by atoms with Crippen LogP contribution in [0.1, 0.15) is 34.7 Å². The molecular formula is C24H19BrClN3OS. The standard InChI is InChI=1S/C24H19BrClN3OS/c25-16-4-3-5-17(12-16)27-13-15-8-10-18(11-9-15)30-14-21-28-23(26)22-19-6-1-2-7-20(19)31-24(22)29-21/h3-5,8-13H,1-2,6-7,14H2. The van der Waals surface area contributed by atoms with Gasteiger partial charge < -0.3 is 4.74 Å². The summed E-state index contributed by atoms with van der Waals surface area (Å²) in [5, 5.41) is 1.58. The molecule has 4 nitrogen and oxygen atoms in total. The lowest BCUT2D eigenvalue weighted by Crippen LogP contribution is -2.03. The van der Waals surface area contributed by atoms with Crippen molar-refractivity contribution in [3.63, 3.8) is 0 Å². The zero-order valence-corrected chi connectivity index (χ0v) is 19.8. The molecule has 156 valence electrons. The predicted octanol–water partition coefficient (Wildman–Crippen LogP) is 7.32. The van der Waals surface area contributed by atoms with Gasteiger partial charge in [-0.15, -0.1) is 11.3 Å². The number of aliphatic imine (C=N–C) groups is 1. The first-order valence-corrected chi connectivity index (χ1v) is 12.1. The Kier molecular flexibility index (Phi) is 6.03. The van der Waals surface area contributed by atoms with Gasteiger partial charge in [-0.1, -0.05) is 33.6 Å². The molecule has 0 unspecified atom stereocenters. The Hall–Kier alpha value is -2.28. The fourth-order valence-electron chi connectivity index (χ4n) is 3.72. The highest BCUT2D eigenvalue weighted by atomic mass is 79.9. The van der Waals surface area contributed by atoms with Crippen molar-refractivity contribution < 1.29 is 4.74 Å².